The summed E-state index contributed by atoms with van der Waals surface area (Å²) in [5, 5.41) is 0. The minimum Gasteiger partial charge on any atom is -0.300 e. The smallest absolute Gasteiger partial charge is 0.130 e. The van der Waals surface area contributed by atoms with E-state index in [0.717, 1.165) is 12.8 Å². The van der Waals surface area contributed by atoms with Crippen molar-refractivity contribution in [1.29, 1.82) is 0 Å². The third-order valence-corrected chi connectivity index (χ3v) is 2.60. The van der Waals surface area contributed by atoms with Gasteiger partial charge in [0.25, 0.3) is 0 Å². The van der Waals surface area contributed by atoms with Gasteiger partial charge in [-0.05, 0) is 30.7 Å². The maximum Gasteiger partial charge on any atom is 0.130 e. The van der Waals surface area contributed by atoms with Crippen LogP contribution in [-0.2, 0) is 4.79 Å². The molecule has 0 saturated carbocycles. The Hall–Kier alpha value is -0.110. The summed E-state index contributed by atoms with van der Waals surface area (Å²) in [6.45, 7) is 3.84. The van der Waals surface area contributed by atoms with Gasteiger partial charge in [0.2, 0.25) is 0 Å². The molecule has 0 aromatic carbocycles. The highest BCUT2D eigenvalue weighted by Gasteiger charge is 1.94. The van der Waals surface area contributed by atoms with E-state index in [1.807, 2.05) is 0 Å². The van der Waals surface area contributed by atoms with E-state index in [1.54, 1.807) is 6.92 Å². The first-order chi connectivity index (χ1) is 6.16. The molecule has 0 heterocycles. The molecule has 0 N–H and O–H groups in total. The standard InChI is InChI=1S/C11H19BrO/c1-3-4-5-8-11(12)9-6-7-10(2)13/h9H,3-8H2,1-2H3/b11-9-. The van der Waals surface area contributed by atoms with Crippen LogP contribution in [0.1, 0.15) is 52.4 Å². The molecule has 0 fully saturated rings. The minimum absolute atomic E-state index is 0.269. The van der Waals surface area contributed by atoms with Gasteiger partial charge in [-0.2, -0.15) is 0 Å². The number of hydrogen-bond acceptors (Lipinski definition) is 1. The number of halogens is 1. The fraction of sp³-hybridized carbons (Fsp3) is 0.727. The van der Waals surface area contributed by atoms with Crippen LogP contribution < -0.4 is 0 Å². The molecule has 0 amide bonds. The summed E-state index contributed by atoms with van der Waals surface area (Å²) in [6.07, 6.45) is 8.57. The van der Waals surface area contributed by atoms with Gasteiger partial charge in [0, 0.05) is 6.42 Å². The van der Waals surface area contributed by atoms with Crippen LogP contribution in [0, 0.1) is 0 Å². The van der Waals surface area contributed by atoms with Crippen LogP contribution in [0.5, 0.6) is 0 Å². The second kappa shape index (κ2) is 8.49. The molecule has 0 bridgehead atoms. The van der Waals surface area contributed by atoms with E-state index in [2.05, 4.69) is 28.9 Å². The molecular weight excluding hydrogens is 228 g/mol. The normalized spacial score (nSPS) is 11.8. The number of hydrogen-bond donors (Lipinski definition) is 0. The van der Waals surface area contributed by atoms with E-state index >= 15 is 0 Å². The topological polar surface area (TPSA) is 17.1 Å². The molecule has 0 atom stereocenters. The van der Waals surface area contributed by atoms with Crippen molar-refractivity contribution in [2.24, 2.45) is 0 Å². The molecule has 0 aliphatic rings. The summed E-state index contributed by atoms with van der Waals surface area (Å²) in [4.78, 5) is 10.6. The Balaban J connectivity index is 3.45. The van der Waals surface area contributed by atoms with Crippen LogP contribution in [0.15, 0.2) is 10.6 Å². The van der Waals surface area contributed by atoms with E-state index in [9.17, 15) is 4.79 Å². The number of rotatable bonds is 7. The summed E-state index contributed by atoms with van der Waals surface area (Å²) >= 11 is 3.51. The van der Waals surface area contributed by atoms with E-state index in [-0.39, 0.29) is 5.78 Å². The van der Waals surface area contributed by atoms with Gasteiger partial charge in [-0.1, -0.05) is 41.8 Å². The van der Waals surface area contributed by atoms with E-state index in [1.165, 1.54) is 23.7 Å². The predicted molar refractivity (Wildman–Crippen MR) is 61.1 cm³/mol. The second-order valence-corrected chi connectivity index (χ2v) is 4.37. The molecular formula is C11H19BrO. The highest BCUT2D eigenvalue weighted by atomic mass is 79.9. The second-order valence-electron chi connectivity index (χ2n) is 3.35. The van der Waals surface area contributed by atoms with Crippen molar-refractivity contribution in [2.75, 3.05) is 0 Å². The number of carbonyl (C=O) groups excluding carboxylic acids is 1. The lowest BCUT2D eigenvalue weighted by Gasteiger charge is -1.98. The summed E-state index contributed by atoms with van der Waals surface area (Å²) in [5.74, 6) is 0.269. The Morgan fingerprint density at radius 3 is 2.54 bits per heavy atom. The number of allylic oxidation sites excluding steroid dienone is 2. The zero-order valence-corrected chi connectivity index (χ0v) is 10.2. The molecule has 1 nitrogen and oxygen atoms in total. The van der Waals surface area contributed by atoms with Gasteiger partial charge in [-0.3, -0.25) is 0 Å². The quantitative estimate of drug-likeness (QED) is 0.616. The number of ketones is 1. The van der Waals surface area contributed by atoms with Gasteiger partial charge in [0.1, 0.15) is 5.78 Å². The summed E-state index contributed by atoms with van der Waals surface area (Å²) in [7, 11) is 0. The van der Waals surface area contributed by atoms with Crippen LogP contribution in [0.3, 0.4) is 0 Å². The van der Waals surface area contributed by atoms with Crippen LogP contribution in [0.4, 0.5) is 0 Å². The van der Waals surface area contributed by atoms with Gasteiger partial charge in [-0.25, -0.2) is 0 Å². The third kappa shape index (κ3) is 9.81. The van der Waals surface area contributed by atoms with Crippen molar-refractivity contribution in [3.8, 4) is 0 Å². The zero-order valence-electron chi connectivity index (χ0n) is 8.61. The van der Waals surface area contributed by atoms with Crippen LogP contribution in [0.25, 0.3) is 0 Å². The van der Waals surface area contributed by atoms with E-state index in [0.29, 0.717) is 6.42 Å². The lowest BCUT2D eigenvalue weighted by Crippen LogP contribution is -1.87. The molecule has 0 radical (unpaired) electrons. The monoisotopic (exact) mass is 246 g/mol. The van der Waals surface area contributed by atoms with Crippen molar-refractivity contribution < 1.29 is 4.79 Å². The fourth-order valence-electron chi connectivity index (χ4n) is 1.08. The SMILES string of the molecule is CCCCC/C(Br)=C/CCC(C)=O. The first kappa shape index (κ1) is 12.9. The lowest BCUT2D eigenvalue weighted by molar-refractivity contribution is -0.116. The Kier molecular flexibility index (Phi) is 8.41. The van der Waals surface area contributed by atoms with Crippen LogP contribution in [-0.4, -0.2) is 5.78 Å². The Labute approximate surface area is 89.7 Å². The molecule has 0 unspecified atom stereocenters. The number of unbranched alkanes of at least 4 members (excludes halogenated alkanes) is 2. The molecule has 0 aromatic rings. The van der Waals surface area contributed by atoms with E-state index in [4.69, 9.17) is 0 Å². The summed E-state index contributed by atoms with van der Waals surface area (Å²) in [6, 6.07) is 0. The van der Waals surface area contributed by atoms with Gasteiger partial charge in [0.15, 0.2) is 0 Å². The third-order valence-electron chi connectivity index (χ3n) is 1.88. The summed E-state index contributed by atoms with van der Waals surface area (Å²) < 4.78 is 1.25. The van der Waals surface area contributed by atoms with E-state index < -0.39 is 0 Å². The Morgan fingerprint density at radius 1 is 1.31 bits per heavy atom. The average Bonchev–Trinajstić information content (AvgIpc) is 2.04. The zero-order chi connectivity index (χ0) is 10.1. The maximum atomic E-state index is 10.6. The lowest BCUT2D eigenvalue weighted by atomic mass is 10.1. The highest BCUT2D eigenvalue weighted by molar-refractivity contribution is 9.11. The maximum absolute atomic E-state index is 10.6. The Morgan fingerprint density at radius 2 is 2.00 bits per heavy atom. The molecule has 0 rings (SSSR count). The first-order valence-electron chi connectivity index (χ1n) is 5.00. The van der Waals surface area contributed by atoms with Gasteiger partial charge in [-0.15, -0.1) is 0 Å². The van der Waals surface area contributed by atoms with Crippen molar-refractivity contribution in [3.63, 3.8) is 0 Å². The van der Waals surface area contributed by atoms with Gasteiger partial charge in [0.05, 0.1) is 0 Å². The molecule has 0 aliphatic heterocycles. The fourth-order valence-corrected chi connectivity index (χ4v) is 1.59. The molecule has 2 heteroatoms. The van der Waals surface area contributed by atoms with Gasteiger partial charge >= 0.3 is 0 Å². The first-order valence-corrected chi connectivity index (χ1v) is 5.80. The van der Waals surface area contributed by atoms with Crippen molar-refractivity contribution in [2.45, 2.75) is 52.4 Å². The van der Waals surface area contributed by atoms with Crippen molar-refractivity contribution in [1.82, 2.24) is 0 Å². The minimum atomic E-state index is 0.269. The molecule has 0 saturated heterocycles. The largest absolute Gasteiger partial charge is 0.300 e. The molecule has 13 heavy (non-hydrogen) atoms. The van der Waals surface area contributed by atoms with Crippen molar-refractivity contribution >= 4 is 21.7 Å². The average molecular weight is 247 g/mol. The number of Topliss-reactive ketones (excluding diaryl/α,β-unsaturated/α-hetero) is 1. The molecule has 0 spiro atoms. The molecule has 0 aromatic heterocycles. The predicted octanol–water partition coefficient (Wildman–Crippen LogP) is 4.21. The van der Waals surface area contributed by atoms with Crippen LogP contribution in [0.2, 0.25) is 0 Å². The molecule has 76 valence electrons. The molecule has 0 aliphatic carbocycles. The number of carbonyl (C=O) groups is 1. The highest BCUT2D eigenvalue weighted by Crippen LogP contribution is 2.16. The van der Waals surface area contributed by atoms with Crippen molar-refractivity contribution in [3.05, 3.63) is 10.6 Å². The van der Waals surface area contributed by atoms with Gasteiger partial charge < -0.3 is 4.79 Å². The Bertz CT molecular complexity index is 173. The van der Waals surface area contributed by atoms with Crippen LogP contribution >= 0.6 is 15.9 Å². The summed E-state index contributed by atoms with van der Waals surface area (Å²) in [5.41, 5.74) is 0.